The summed E-state index contributed by atoms with van der Waals surface area (Å²) in [6.07, 6.45) is 1.77. The Kier molecular flexibility index (Phi) is 7.59. The number of anilines is 1. The lowest BCUT2D eigenvalue weighted by Crippen LogP contribution is -2.44. The summed E-state index contributed by atoms with van der Waals surface area (Å²) < 4.78 is 16.3. The highest BCUT2D eigenvalue weighted by Crippen LogP contribution is 2.32. The van der Waals surface area contributed by atoms with Gasteiger partial charge in [-0.25, -0.2) is 30.2 Å². The molecule has 5 heterocycles. The molecule has 1 aromatic carbocycles. The second-order valence-corrected chi connectivity index (χ2v) is 10.7. The van der Waals surface area contributed by atoms with E-state index in [1.54, 1.807) is 48.8 Å². The fraction of sp³-hybridized carbons (Fsp3) is 0.269. The van der Waals surface area contributed by atoms with E-state index in [-0.39, 0.29) is 43.1 Å². The van der Waals surface area contributed by atoms with Crippen molar-refractivity contribution in [1.29, 1.82) is 0 Å². The second kappa shape index (κ2) is 11.5. The maximum Gasteiger partial charge on any atom is 0.269 e. The molecule has 14 nitrogen and oxygen atoms in total. The van der Waals surface area contributed by atoms with E-state index in [0.717, 1.165) is 5.56 Å². The van der Waals surface area contributed by atoms with E-state index < -0.39 is 29.9 Å². The summed E-state index contributed by atoms with van der Waals surface area (Å²) in [5.41, 5.74) is 16.0. The average molecular weight is 638 g/mol. The lowest BCUT2D eigenvalue weighted by atomic mass is 9.98. The molecule has 216 valence electrons. The number of likely N-dealkylation sites (tertiary alicyclic amines) is 1. The number of nitrogens with zero attached hydrogens (tertiary/aromatic N) is 6. The van der Waals surface area contributed by atoms with E-state index in [0.29, 0.717) is 21.3 Å². The highest BCUT2D eigenvalue weighted by atomic mass is 79.9. The molecule has 0 radical (unpaired) electrons. The molecule has 6 rings (SSSR count). The zero-order valence-corrected chi connectivity index (χ0v) is 23.5. The molecule has 2 saturated heterocycles. The van der Waals surface area contributed by atoms with Crippen molar-refractivity contribution >= 4 is 50.4 Å². The molecule has 0 aliphatic carbocycles. The van der Waals surface area contributed by atoms with Crippen LogP contribution in [-0.2, 0) is 16.1 Å². The quantitative estimate of drug-likeness (QED) is 0.183. The van der Waals surface area contributed by atoms with Crippen molar-refractivity contribution in [1.82, 2.24) is 46.0 Å². The fourth-order valence-corrected chi connectivity index (χ4v) is 5.58. The van der Waals surface area contributed by atoms with Crippen molar-refractivity contribution in [2.45, 2.75) is 37.3 Å². The van der Waals surface area contributed by atoms with Gasteiger partial charge in [0.15, 0.2) is 5.69 Å². The Morgan fingerprint density at radius 2 is 1.88 bits per heavy atom. The Morgan fingerprint density at radius 3 is 2.64 bits per heavy atom. The molecule has 0 bridgehead atoms. The molecule has 2 aliphatic rings. The number of halogens is 2. The van der Waals surface area contributed by atoms with Crippen LogP contribution >= 0.6 is 15.9 Å². The van der Waals surface area contributed by atoms with Crippen LogP contribution in [0.4, 0.5) is 10.2 Å². The van der Waals surface area contributed by atoms with E-state index in [1.807, 2.05) is 6.07 Å². The first kappa shape index (κ1) is 27.8. The summed E-state index contributed by atoms with van der Waals surface area (Å²) in [6, 6.07) is 10.3. The minimum absolute atomic E-state index is 0.0223. The van der Waals surface area contributed by atoms with E-state index in [1.165, 1.54) is 9.58 Å². The molecule has 3 amide bonds. The van der Waals surface area contributed by atoms with Crippen LogP contribution in [-0.4, -0.2) is 66.1 Å². The van der Waals surface area contributed by atoms with Crippen LogP contribution in [0.3, 0.4) is 0 Å². The van der Waals surface area contributed by atoms with E-state index in [4.69, 9.17) is 5.73 Å². The van der Waals surface area contributed by atoms with Crippen LogP contribution in [0.2, 0.25) is 0 Å². The zero-order valence-electron chi connectivity index (χ0n) is 21.9. The Balaban J connectivity index is 1.25. The number of carbonyl (C=O) groups is 3. The first-order valence-corrected chi connectivity index (χ1v) is 13.8. The lowest BCUT2D eigenvalue weighted by molar-refractivity contribution is -0.137. The van der Waals surface area contributed by atoms with Gasteiger partial charge in [0.25, 0.3) is 5.91 Å². The number of alkyl halides is 1. The van der Waals surface area contributed by atoms with Gasteiger partial charge in [-0.3, -0.25) is 19.1 Å². The molecule has 0 saturated carbocycles. The van der Waals surface area contributed by atoms with Gasteiger partial charge in [-0.05, 0) is 51.8 Å². The Hall–Kier alpha value is -4.38. The van der Waals surface area contributed by atoms with Crippen molar-refractivity contribution < 1.29 is 18.8 Å². The van der Waals surface area contributed by atoms with Gasteiger partial charge in [-0.15, -0.1) is 0 Å². The molecule has 2 aliphatic heterocycles. The zero-order chi connectivity index (χ0) is 29.4. The fourth-order valence-electron chi connectivity index (χ4n) is 5.23. The van der Waals surface area contributed by atoms with Gasteiger partial charge >= 0.3 is 0 Å². The van der Waals surface area contributed by atoms with Gasteiger partial charge in [-0.1, -0.05) is 12.1 Å². The van der Waals surface area contributed by atoms with Crippen molar-refractivity contribution in [3.8, 4) is 0 Å². The molecule has 6 N–H and O–H groups in total. The number of hydrazine groups is 2. The van der Waals surface area contributed by atoms with Crippen molar-refractivity contribution in [3.63, 3.8) is 0 Å². The summed E-state index contributed by atoms with van der Waals surface area (Å²) in [5, 5.41) is 7.40. The number of nitrogens with two attached hydrogens (primary N) is 1. The summed E-state index contributed by atoms with van der Waals surface area (Å²) in [6.45, 7) is -0.578. The SMILES string of the molecule is NC(=O)c1nn(CC(=O)N2C[C@H](F)C[C@H]2C(=O)Nc2cccc(Br)n2)c2ccc(C3NNNC3c3ncccn3)cc12. The molecule has 4 aromatic rings. The van der Waals surface area contributed by atoms with Gasteiger partial charge in [0.05, 0.1) is 18.1 Å². The predicted octanol–water partition coefficient (Wildman–Crippen LogP) is 1.06. The van der Waals surface area contributed by atoms with Crippen LogP contribution in [0, 0.1) is 0 Å². The molecule has 4 atom stereocenters. The van der Waals surface area contributed by atoms with Crippen LogP contribution in [0.25, 0.3) is 10.9 Å². The smallest absolute Gasteiger partial charge is 0.269 e. The predicted molar refractivity (Wildman–Crippen MR) is 151 cm³/mol. The summed E-state index contributed by atoms with van der Waals surface area (Å²) in [7, 11) is 0. The number of primary amides is 1. The van der Waals surface area contributed by atoms with Gasteiger partial charge in [0.2, 0.25) is 11.8 Å². The molecule has 0 spiro atoms. The lowest BCUT2D eigenvalue weighted by Gasteiger charge is -2.23. The van der Waals surface area contributed by atoms with Crippen LogP contribution in [0.15, 0.2) is 59.5 Å². The molecular formula is C26H25BrFN11O3. The molecule has 3 aromatic heterocycles. The highest BCUT2D eigenvalue weighted by Gasteiger charge is 2.40. The number of aromatic nitrogens is 5. The Morgan fingerprint density at radius 1 is 1.10 bits per heavy atom. The van der Waals surface area contributed by atoms with Gasteiger partial charge in [-0.2, -0.15) is 10.6 Å². The monoisotopic (exact) mass is 637 g/mol. The molecule has 2 unspecified atom stereocenters. The molecule has 2 fully saturated rings. The number of hydrogen-bond acceptors (Lipinski definition) is 10. The first-order chi connectivity index (χ1) is 20.3. The van der Waals surface area contributed by atoms with E-state index in [2.05, 4.69) is 57.7 Å². The van der Waals surface area contributed by atoms with Crippen molar-refractivity contribution in [2.24, 2.45) is 5.73 Å². The highest BCUT2D eigenvalue weighted by molar-refractivity contribution is 9.10. The van der Waals surface area contributed by atoms with Crippen LogP contribution in [0.5, 0.6) is 0 Å². The number of benzene rings is 1. The normalized spacial score (nSPS) is 22.0. The summed E-state index contributed by atoms with van der Waals surface area (Å²) in [4.78, 5) is 52.8. The Labute approximate surface area is 246 Å². The average Bonchev–Trinajstić information content (AvgIpc) is 3.70. The number of hydrogen-bond donors (Lipinski definition) is 5. The maximum absolute atomic E-state index is 14.5. The number of rotatable bonds is 7. The third-order valence-electron chi connectivity index (χ3n) is 7.14. The number of nitrogens with one attached hydrogen (secondary N) is 4. The summed E-state index contributed by atoms with van der Waals surface area (Å²) >= 11 is 3.24. The molecule has 42 heavy (non-hydrogen) atoms. The van der Waals surface area contributed by atoms with Gasteiger partial charge in [0.1, 0.15) is 41.0 Å². The number of pyridine rings is 1. The minimum atomic E-state index is -1.37. The Bertz CT molecular complexity index is 1670. The van der Waals surface area contributed by atoms with Crippen LogP contribution in [0.1, 0.15) is 40.4 Å². The number of amides is 3. The minimum Gasteiger partial charge on any atom is -0.364 e. The molecular weight excluding hydrogens is 613 g/mol. The second-order valence-electron chi connectivity index (χ2n) is 9.85. The van der Waals surface area contributed by atoms with E-state index >= 15 is 0 Å². The van der Waals surface area contributed by atoms with Crippen molar-refractivity contribution in [3.05, 3.63) is 76.5 Å². The molecule has 16 heteroatoms. The van der Waals surface area contributed by atoms with Gasteiger partial charge in [0, 0.05) is 24.2 Å². The van der Waals surface area contributed by atoms with Crippen LogP contribution < -0.4 is 27.4 Å². The topological polar surface area (TPSA) is 185 Å². The van der Waals surface area contributed by atoms with E-state index in [9.17, 15) is 18.8 Å². The third-order valence-corrected chi connectivity index (χ3v) is 7.59. The van der Waals surface area contributed by atoms with Gasteiger partial charge < -0.3 is 16.0 Å². The van der Waals surface area contributed by atoms with Crippen molar-refractivity contribution in [2.75, 3.05) is 11.9 Å². The maximum atomic E-state index is 14.5. The first-order valence-electron chi connectivity index (χ1n) is 13.0. The number of fused-ring (bicyclic) bond motifs is 1. The number of carbonyl (C=O) groups excluding carboxylic acids is 3. The standard InChI is InChI=1S/C26H25BrFN11O3/c27-18-3-1-4-19(32-18)33-26(42)17-10-14(28)11-38(17)20(40)12-39-16-6-5-13(9-15(16)22(36-39)24(29)41)21-23(35-37-34-21)25-30-7-2-8-31-25/h1-9,14,17,21,23,34-35,37H,10-12H2,(H2,29,41)(H,32,33,42)/t14-,17+,21?,23?/m1/s1. The summed E-state index contributed by atoms with van der Waals surface area (Å²) in [5.74, 6) is -1.03. The largest absolute Gasteiger partial charge is 0.364 e. The third kappa shape index (κ3) is 5.44.